The number of benzene rings is 1. The topological polar surface area (TPSA) is 73.2 Å². The van der Waals surface area contributed by atoms with E-state index in [2.05, 4.69) is 10.4 Å². The number of nitrogens with one attached hydrogen (secondary N) is 1. The van der Waals surface area contributed by atoms with Crippen LogP contribution in [-0.4, -0.2) is 28.8 Å². The fraction of sp³-hybridized carbons (Fsp3) is 0.421. The van der Waals surface area contributed by atoms with Crippen LogP contribution in [0.4, 0.5) is 0 Å². The van der Waals surface area contributed by atoms with Crippen LogP contribution in [0.5, 0.6) is 5.75 Å². The number of carbonyl (C=O) groups is 1. The van der Waals surface area contributed by atoms with Crippen LogP contribution >= 0.6 is 0 Å². The van der Waals surface area contributed by atoms with Crippen LogP contribution in [0, 0.1) is 0 Å². The molecule has 1 N–H and O–H groups in total. The maximum absolute atomic E-state index is 12.5. The van der Waals surface area contributed by atoms with Crippen LogP contribution in [0.3, 0.4) is 0 Å². The Morgan fingerprint density at radius 3 is 2.52 bits per heavy atom. The molecule has 1 atom stereocenters. The van der Waals surface area contributed by atoms with Crippen LogP contribution in [-0.2, 0) is 4.79 Å². The number of rotatable bonds is 5. The molecule has 2 aromatic rings. The van der Waals surface area contributed by atoms with Crippen LogP contribution in [0.15, 0.2) is 41.2 Å². The largest absolute Gasteiger partial charge is 0.497 e. The molecule has 1 aromatic heterocycles. The summed E-state index contributed by atoms with van der Waals surface area (Å²) in [5.74, 6) is 0.592. The first-order valence-electron chi connectivity index (χ1n) is 8.63. The van der Waals surface area contributed by atoms with Gasteiger partial charge >= 0.3 is 0 Å². The molecule has 25 heavy (non-hydrogen) atoms. The van der Waals surface area contributed by atoms with E-state index in [1.165, 1.54) is 10.7 Å². The first kappa shape index (κ1) is 17.2. The number of hydrogen-bond acceptors (Lipinski definition) is 4. The number of methoxy groups -OCH3 is 1. The van der Waals surface area contributed by atoms with E-state index in [0.29, 0.717) is 5.69 Å². The van der Waals surface area contributed by atoms with Gasteiger partial charge in [-0.05, 0) is 50.1 Å². The molecule has 1 amide bonds. The quantitative estimate of drug-likeness (QED) is 0.907. The van der Waals surface area contributed by atoms with Gasteiger partial charge in [0.25, 0.3) is 5.56 Å². The normalized spacial score (nSPS) is 15.8. The van der Waals surface area contributed by atoms with Gasteiger partial charge in [-0.25, -0.2) is 4.68 Å². The van der Waals surface area contributed by atoms with Crippen LogP contribution in [0.1, 0.15) is 38.6 Å². The Kier molecular flexibility index (Phi) is 5.16. The van der Waals surface area contributed by atoms with Gasteiger partial charge in [0, 0.05) is 17.7 Å². The van der Waals surface area contributed by atoms with Gasteiger partial charge in [0.1, 0.15) is 11.8 Å². The Labute approximate surface area is 146 Å². The summed E-state index contributed by atoms with van der Waals surface area (Å²) in [4.78, 5) is 24.6. The van der Waals surface area contributed by atoms with Crippen molar-refractivity contribution in [2.45, 2.75) is 44.7 Å². The minimum absolute atomic E-state index is 0.159. The number of amides is 1. The fourth-order valence-electron chi connectivity index (χ4n) is 3.12. The molecule has 0 aliphatic heterocycles. The smallest absolute Gasteiger partial charge is 0.267 e. The van der Waals surface area contributed by atoms with Gasteiger partial charge in [-0.3, -0.25) is 9.59 Å². The summed E-state index contributed by atoms with van der Waals surface area (Å²) in [5.41, 5.74) is 1.21. The molecular weight excluding hydrogens is 318 g/mol. The van der Waals surface area contributed by atoms with E-state index in [4.69, 9.17) is 4.74 Å². The summed E-state index contributed by atoms with van der Waals surface area (Å²) in [6.45, 7) is 1.70. The summed E-state index contributed by atoms with van der Waals surface area (Å²) in [7, 11) is 1.61. The highest BCUT2D eigenvalue weighted by atomic mass is 16.5. The van der Waals surface area contributed by atoms with Crippen molar-refractivity contribution in [3.05, 3.63) is 46.8 Å². The standard InChI is InChI=1S/C19H23N3O3/c1-13(19(24)20-15-5-3-4-6-15)22-18(23)12-11-17(21-22)14-7-9-16(25-2)10-8-14/h7-13,15H,3-6H2,1-2H3,(H,20,24). The van der Waals surface area contributed by atoms with Crippen LogP contribution < -0.4 is 15.6 Å². The molecule has 1 aliphatic rings. The third kappa shape index (κ3) is 3.90. The van der Waals surface area contributed by atoms with Gasteiger partial charge < -0.3 is 10.1 Å². The molecular formula is C19H23N3O3. The fourth-order valence-corrected chi connectivity index (χ4v) is 3.12. The van der Waals surface area contributed by atoms with Crippen molar-refractivity contribution in [3.63, 3.8) is 0 Å². The zero-order valence-corrected chi connectivity index (χ0v) is 14.6. The first-order chi connectivity index (χ1) is 12.1. The van der Waals surface area contributed by atoms with Crippen molar-refractivity contribution in [1.82, 2.24) is 15.1 Å². The molecule has 1 fully saturated rings. The van der Waals surface area contributed by atoms with Gasteiger partial charge in [-0.2, -0.15) is 5.10 Å². The average Bonchev–Trinajstić information content (AvgIpc) is 3.14. The molecule has 6 nitrogen and oxygen atoms in total. The van der Waals surface area contributed by atoms with E-state index in [-0.39, 0.29) is 17.5 Å². The summed E-state index contributed by atoms with van der Waals surface area (Å²) < 4.78 is 6.41. The van der Waals surface area contributed by atoms with E-state index in [1.807, 2.05) is 24.3 Å². The van der Waals surface area contributed by atoms with Gasteiger partial charge in [-0.15, -0.1) is 0 Å². The summed E-state index contributed by atoms with van der Waals surface area (Å²) >= 11 is 0. The van der Waals surface area contributed by atoms with E-state index in [1.54, 1.807) is 20.1 Å². The number of ether oxygens (including phenoxy) is 1. The lowest BCUT2D eigenvalue weighted by Crippen LogP contribution is -2.40. The molecule has 0 saturated heterocycles. The molecule has 1 saturated carbocycles. The second-order valence-electron chi connectivity index (χ2n) is 6.40. The molecule has 1 aromatic carbocycles. The minimum Gasteiger partial charge on any atom is -0.497 e. The van der Waals surface area contributed by atoms with Crippen LogP contribution in [0.25, 0.3) is 11.3 Å². The molecule has 1 heterocycles. The SMILES string of the molecule is COc1ccc(-c2ccc(=O)n(C(C)C(=O)NC3CCCC3)n2)cc1. The lowest BCUT2D eigenvalue weighted by Gasteiger charge is -2.18. The van der Waals surface area contributed by atoms with Crippen LogP contribution in [0.2, 0.25) is 0 Å². The van der Waals surface area contributed by atoms with Crippen molar-refractivity contribution in [3.8, 4) is 17.0 Å². The predicted molar refractivity (Wildman–Crippen MR) is 95.6 cm³/mol. The van der Waals surface area contributed by atoms with E-state index >= 15 is 0 Å². The average molecular weight is 341 g/mol. The monoisotopic (exact) mass is 341 g/mol. The minimum atomic E-state index is -0.647. The van der Waals surface area contributed by atoms with E-state index in [9.17, 15) is 9.59 Å². The molecule has 0 spiro atoms. The zero-order valence-electron chi connectivity index (χ0n) is 14.6. The Hall–Kier alpha value is -2.63. The Morgan fingerprint density at radius 1 is 1.20 bits per heavy atom. The number of carbonyl (C=O) groups excluding carboxylic acids is 1. The molecule has 1 unspecified atom stereocenters. The Morgan fingerprint density at radius 2 is 1.88 bits per heavy atom. The zero-order chi connectivity index (χ0) is 17.8. The number of aromatic nitrogens is 2. The second kappa shape index (κ2) is 7.51. The number of hydrogen-bond donors (Lipinski definition) is 1. The Balaban J connectivity index is 1.82. The van der Waals surface area contributed by atoms with Crippen molar-refractivity contribution in [2.24, 2.45) is 0 Å². The number of nitrogens with zero attached hydrogens (tertiary/aromatic N) is 2. The van der Waals surface area contributed by atoms with Gasteiger partial charge in [-0.1, -0.05) is 12.8 Å². The molecule has 0 radical (unpaired) electrons. The molecule has 132 valence electrons. The lowest BCUT2D eigenvalue weighted by molar-refractivity contribution is -0.124. The maximum atomic E-state index is 12.5. The highest BCUT2D eigenvalue weighted by molar-refractivity contribution is 5.80. The lowest BCUT2D eigenvalue weighted by atomic mass is 10.1. The highest BCUT2D eigenvalue weighted by Gasteiger charge is 2.23. The third-order valence-electron chi connectivity index (χ3n) is 4.66. The molecule has 6 heteroatoms. The third-order valence-corrected chi connectivity index (χ3v) is 4.66. The first-order valence-corrected chi connectivity index (χ1v) is 8.63. The van der Waals surface area contributed by atoms with E-state index < -0.39 is 6.04 Å². The molecule has 1 aliphatic carbocycles. The van der Waals surface area contributed by atoms with Crippen molar-refractivity contribution in [1.29, 1.82) is 0 Å². The van der Waals surface area contributed by atoms with Gasteiger partial charge in [0.2, 0.25) is 5.91 Å². The summed E-state index contributed by atoms with van der Waals surface area (Å²) in [5, 5.41) is 7.42. The van der Waals surface area contributed by atoms with Gasteiger partial charge in [0.15, 0.2) is 0 Å². The maximum Gasteiger partial charge on any atom is 0.267 e. The van der Waals surface area contributed by atoms with Gasteiger partial charge in [0.05, 0.1) is 12.8 Å². The molecule has 0 bridgehead atoms. The highest BCUT2D eigenvalue weighted by Crippen LogP contribution is 2.21. The Bertz CT molecular complexity index is 792. The van der Waals surface area contributed by atoms with Crippen molar-refractivity contribution in [2.75, 3.05) is 7.11 Å². The molecule has 3 rings (SSSR count). The van der Waals surface area contributed by atoms with Crippen molar-refractivity contribution >= 4 is 5.91 Å². The summed E-state index contributed by atoms with van der Waals surface area (Å²) in [6, 6.07) is 10.1. The van der Waals surface area contributed by atoms with Crippen molar-refractivity contribution < 1.29 is 9.53 Å². The van der Waals surface area contributed by atoms with E-state index in [0.717, 1.165) is 37.0 Å². The second-order valence-corrected chi connectivity index (χ2v) is 6.40. The predicted octanol–water partition coefficient (Wildman–Crippen LogP) is 2.54. The summed E-state index contributed by atoms with van der Waals surface area (Å²) in [6.07, 6.45) is 4.30.